The quantitative estimate of drug-likeness (QED) is 0.770. The second-order valence-electron chi connectivity index (χ2n) is 6.50. The van der Waals surface area contributed by atoms with Gasteiger partial charge in [-0.3, -0.25) is 4.79 Å². The fraction of sp³-hybridized carbons (Fsp3) is 0.500. The monoisotopic (exact) mass is 358 g/mol. The molecule has 0 unspecified atom stereocenters. The topological polar surface area (TPSA) is 69.0 Å². The molecule has 132 valence electrons. The maximum absolute atomic E-state index is 12.1. The highest BCUT2D eigenvalue weighted by atomic mass is 32.2. The lowest BCUT2D eigenvalue weighted by Crippen LogP contribution is -2.32. The number of thioether (sulfide) groups is 1. The van der Waals surface area contributed by atoms with Gasteiger partial charge in [0.25, 0.3) is 0 Å². The predicted molar refractivity (Wildman–Crippen MR) is 96.0 cm³/mol. The van der Waals surface area contributed by atoms with E-state index in [1.807, 2.05) is 35.0 Å². The number of carbonyl (C=O) groups excluding carboxylic acids is 1. The number of nitrogens with zero attached hydrogens (tertiary/aromatic N) is 3. The summed E-state index contributed by atoms with van der Waals surface area (Å²) in [6.45, 7) is 1.40. The summed E-state index contributed by atoms with van der Waals surface area (Å²) in [5.41, 5.74) is 0.976. The maximum atomic E-state index is 12.1. The van der Waals surface area contributed by atoms with Crippen LogP contribution in [0.4, 0.5) is 0 Å². The zero-order chi connectivity index (χ0) is 17.1. The Morgan fingerprint density at radius 1 is 1.28 bits per heavy atom. The third kappa shape index (κ3) is 4.22. The second-order valence-corrected chi connectivity index (χ2v) is 7.44. The molecule has 25 heavy (non-hydrogen) atoms. The SMILES string of the molecule is O=C(CSc1nc(C2CC2)nn1-c1ccccc1)NC[C@@H]1CCCO1. The van der Waals surface area contributed by atoms with Crippen molar-refractivity contribution in [2.24, 2.45) is 0 Å². The lowest BCUT2D eigenvalue weighted by Gasteiger charge is -2.10. The van der Waals surface area contributed by atoms with Gasteiger partial charge in [0, 0.05) is 19.1 Å². The lowest BCUT2D eigenvalue weighted by molar-refractivity contribution is -0.119. The van der Waals surface area contributed by atoms with Crippen molar-refractivity contribution in [2.75, 3.05) is 18.9 Å². The molecule has 2 aromatic rings. The molecule has 1 N–H and O–H groups in total. The van der Waals surface area contributed by atoms with Gasteiger partial charge in [-0.1, -0.05) is 30.0 Å². The minimum atomic E-state index is 0.0103. The number of para-hydroxylation sites is 1. The van der Waals surface area contributed by atoms with Gasteiger partial charge in [-0.05, 0) is 37.8 Å². The molecule has 6 nitrogen and oxygen atoms in total. The Morgan fingerprint density at radius 3 is 2.84 bits per heavy atom. The van der Waals surface area contributed by atoms with E-state index in [9.17, 15) is 4.79 Å². The summed E-state index contributed by atoms with van der Waals surface area (Å²) in [6.07, 6.45) is 4.60. The molecule has 1 aromatic heterocycles. The van der Waals surface area contributed by atoms with E-state index >= 15 is 0 Å². The van der Waals surface area contributed by atoms with Crippen LogP contribution < -0.4 is 5.32 Å². The van der Waals surface area contributed by atoms with Crippen LogP contribution in [0.2, 0.25) is 0 Å². The van der Waals surface area contributed by atoms with Crippen LogP contribution in [0, 0.1) is 0 Å². The summed E-state index contributed by atoms with van der Waals surface area (Å²) < 4.78 is 7.38. The number of hydrogen-bond acceptors (Lipinski definition) is 5. The predicted octanol–water partition coefficient (Wildman–Crippen LogP) is 2.53. The fourth-order valence-corrected chi connectivity index (χ4v) is 3.66. The number of rotatable bonds is 7. The number of benzene rings is 1. The van der Waals surface area contributed by atoms with Gasteiger partial charge in [0.05, 0.1) is 17.5 Å². The molecule has 1 atom stereocenters. The average molecular weight is 358 g/mol. The highest BCUT2D eigenvalue weighted by molar-refractivity contribution is 7.99. The number of nitrogens with one attached hydrogen (secondary N) is 1. The van der Waals surface area contributed by atoms with Crippen LogP contribution >= 0.6 is 11.8 Å². The Labute approximate surface area is 151 Å². The van der Waals surface area contributed by atoms with Crippen LogP contribution in [0.25, 0.3) is 5.69 Å². The van der Waals surface area contributed by atoms with Crippen molar-refractivity contribution in [1.29, 1.82) is 0 Å². The van der Waals surface area contributed by atoms with Gasteiger partial charge < -0.3 is 10.1 Å². The van der Waals surface area contributed by atoms with Crippen LogP contribution in [0.1, 0.15) is 37.4 Å². The Hall–Kier alpha value is -1.86. The number of aromatic nitrogens is 3. The van der Waals surface area contributed by atoms with E-state index in [-0.39, 0.29) is 12.0 Å². The second kappa shape index (κ2) is 7.58. The number of hydrogen-bond donors (Lipinski definition) is 1. The molecule has 2 heterocycles. The van der Waals surface area contributed by atoms with Crippen molar-refractivity contribution in [1.82, 2.24) is 20.1 Å². The van der Waals surface area contributed by atoms with Gasteiger partial charge in [-0.2, -0.15) is 0 Å². The highest BCUT2D eigenvalue weighted by Gasteiger charge is 2.29. The Balaban J connectivity index is 1.39. The number of ether oxygens (including phenoxy) is 1. The number of amides is 1. The van der Waals surface area contributed by atoms with Crippen molar-refractivity contribution < 1.29 is 9.53 Å². The van der Waals surface area contributed by atoms with Crippen molar-refractivity contribution in [3.63, 3.8) is 0 Å². The van der Waals surface area contributed by atoms with Crippen molar-refractivity contribution in [3.05, 3.63) is 36.2 Å². The molecule has 1 saturated heterocycles. The molecule has 2 fully saturated rings. The van der Waals surface area contributed by atoms with Gasteiger partial charge in [0.15, 0.2) is 11.0 Å². The van der Waals surface area contributed by atoms with E-state index in [1.165, 1.54) is 11.8 Å². The van der Waals surface area contributed by atoms with E-state index in [2.05, 4.69) is 15.4 Å². The van der Waals surface area contributed by atoms with Crippen LogP contribution in [-0.2, 0) is 9.53 Å². The molecule has 4 rings (SSSR count). The average Bonchev–Trinajstić information content (AvgIpc) is 3.20. The lowest BCUT2D eigenvalue weighted by atomic mass is 10.2. The Morgan fingerprint density at radius 2 is 2.12 bits per heavy atom. The van der Waals surface area contributed by atoms with E-state index in [0.29, 0.717) is 18.2 Å². The highest BCUT2D eigenvalue weighted by Crippen LogP contribution is 2.39. The minimum Gasteiger partial charge on any atom is -0.376 e. The van der Waals surface area contributed by atoms with Crippen molar-refractivity contribution in [2.45, 2.75) is 42.9 Å². The van der Waals surface area contributed by atoms with Crippen LogP contribution in [0.3, 0.4) is 0 Å². The molecule has 1 aliphatic heterocycles. The first-order valence-electron chi connectivity index (χ1n) is 8.83. The molecule has 0 radical (unpaired) electrons. The zero-order valence-corrected chi connectivity index (χ0v) is 14.9. The van der Waals surface area contributed by atoms with E-state index in [0.717, 1.165) is 49.0 Å². The largest absolute Gasteiger partial charge is 0.376 e. The summed E-state index contributed by atoms with van der Waals surface area (Å²) in [4.78, 5) is 16.8. The zero-order valence-electron chi connectivity index (χ0n) is 14.1. The van der Waals surface area contributed by atoms with Crippen LogP contribution in [0.15, 0.2) is 35.5 Å². The van der Waals surface area contributed by atoms with E-state index in [4.69, 9.17) is 4.74 Å². The van der Waals surface area contributed by atoms with Crippen LogP contribution in [-0.4, -0.2) is 45.7 Å². The smallest absolute Gasteiger partial charge is 0.230 e. The van der Waals surface area contributed by atoms with Gasteiger partial charge in [-0.15, -0.1) is 5.10 Å². The Bertz CT molecular complexity index is 724. The summed E-state index contributed by atoms with van der Waals surface area (Å²) >= 11 is 1.43. The molecular weight excluding hydrogens is 336 g/mol. The van der Waals surface area contributed by atoms with Crippen molar-refractivity contribution in [3.8, 4) is 5.69 Å². The van der Waals surface area contributed by atoms with E-state index in [1.54, 1.807) is 0 Å². The molecule has 0 spiro atoms. The van der Waals surface area contributed by atoms with Crippen LogP contribution in [0.5, 0.6) is 0 Å². The standard InChI is InChI=1S/C18H22N4O2S/c23-16(19-11-15-7-4-10-24-15)12-25-18-20-17(13-8-9-13)21-22(18)14-5-2-1-3-6-14/h1-3,5-6,13,15H,4,7-12H2,(H,19,23)/t15-/m0/s1. The summed E-state index contributed by atoms with van der Waals surface area (Å²) in [5, 5.41) is 8.39. The van der Waals surface area contributed by atoms with Gasteiger partial charge >= 0.3 is 0 Å². The van der Waals surface area contributed by atoms with E-state index < -0.39 is 0 Å². The first-order chi connectivity index (χ1) is 12.3. The molecule has 1 aliphatic carbocycles. The molecule has 0 bridgehead atoms. The van der Waals surface area contributed by atoms with Gasteiger partial charge in [0.2, 0.25) is 5.91 Å². The summed E-state index contributed by atoms with van der Waals surface area (Å²) in [5.74, 6) is 1.72. The third-order valence-corrected chi connectivity index (χ3v) is 5.35. The maximum Gasteiger partial charge on any atom is 0.230 e. The molecule has 2 aliphatic rings. The Kier molecular flexibility index (Phi) is 5.03. The molecule has 1 saturated carbocycles. The first-order valence-corrected chi connectivity index (χ1v) is 9.81. The summed E-state index contributed by atoms with van der Waals surface area (Å²) in [6, 6.07) is 9.96. The molecule has 1 aromatic carbocycles. The molecule has 1 amide bonds. The minimum absolute atomic E-state index is 0.0103. The fourth-order valence-electron chi connectivity index (χ4n) is 2.87. The third-order valence-electron chi connectivity index (χ3n) is 4.42. The van der Waals surface area contributed by atoms with Crippen molar-refractivity contribution >= 4 is 17.7 Å². The number of carbonyl (C=O) groups is 1. The van der Waals surface area contributed by atoms with Gasteiger partial charge in [0.1, 0.15) is 0 Å². The summed E-state index contributed by atoms with van der Waals surface area (Å²) in [7, 11) is 0. The molecular formula is C18H22N4O2S. The van der Waals surface area contributed by atoms with Gasteiger partial charge in [-0.25, -0.2) is 9.67 Å². The normalized spacial score (nSPS) is 19.9. The molecule has 7 heteroatoms. The first kappa shape index (κ1) is 16.6.